The van der Waals surface area contributed by atoms with Crippen LogP contribution in [0, 0.1) is 5.92 Å². The summed E-state index contributed by atoms with van der Waals surface area (Å²) in [6.45, 7) is 1.01. The quantitative estimate of drug-likeness (QED) is 0.344. The summed E-state index contributed by atoms with van der Waals surface area (Å²) in [5.41, 5.74) is 12.4. The zero-order valence-electron chi connectivity index (χ0n) is 15.3. The summed E-state index contributed by atoms with van der Waals surface area (Å²) in [5.74, 6) is -4.12. The summed E-state index contributed by atoms with van der Waals surface area (Å²) in [7, 11) is 0. The number of β-lactam (4-membered cyclic amide) rings is 1. The van der Waals surface area contributed by atoms with Gasteiger partial charge < -0.3 is 31.3 Å². The van der Waals surface area contributed by atoms with Gasteiger partial charge in [0.2, 0.25) is 5.91 Å². The molecule has 1 saturated heterocycles. The first kappa shape index (κ1) is 20.8. The van der Waals surface area contributed by atoms with E-state index in [1.165, 1.54) is 42.3 Å². The summed E-state index contributed by atoms with van der Waals surface area (Å²) in [6, 6.07) is 4.91. The molecule has 6 N–H and O–H groups in total. The van der Waals surface area contributed by atoms with Crippen LogP contribution in [0.3, 0.4) is 0 Å². The van der Waals surface area contributed by atoms with Crippen LogP contribution < -0.4 is 16.2 Å². The Bertz CT molecular complexity index is 913. The van der Waals surface area contributed by atoms with Gasteiger partial charge in [-0.05, 0) is 24.6 Å². The van der Waals surface area contributed by atoms with Crippen molar-refractivity contribution < 1.29 is 34.1 Å². The molecule has 2 heterocycles. The number of nitrogens with zero attached hydrogens (tertiary/aromatic N) is 1. The highest BCUT2D eigenvalue weighted by Gasteiger charge is 2.57. The molecular formula is C18H19N3O7S. The fourth-order valence-corrected chi connectivity index (χ4v) is 4.57. The smallest absolute Gasteiger partial charge is 0.341 e. The number of rotatable bonds is 7. The Hall–Kier alpha value is -2.89. The molecule has 4 atom stereocenters. The first-order chi connectivity index (χ1) is 13.5. The minimum atomic E-state index is -1.26. The fraction of sp³-hybridized carbons (Fsp3) is 0.333. The standard InChI is InChI=1S/C18H19N3O7S/c1-18(20)10(17(26)27)6-21-15(25)12(16(21)29-18)14(24)13(19)8-2-4-9(5-3-8)28-7-11(22)23/h2-6,12-13,16H,7,19-20H2,1H3,(H,22,23)(H,26,27)/t12?,13?,16-,18?/m1/s1. The van der Waals surface area contributed by atoms with Crippen LogP contribution in [0.1, 0.15) is 18.5 Å². The SMILES string of the molecule is CC1(N)S[C@@H]2C(C(=O)C(N)c3ccc(OCC(=O)O)cc3)C(=O)N2C=C1C(=O)O. The lowest BCUT2D eigenvalue weighted by Crippen LogP contribution is -2.65. The molecule has 11 heteroatoms. The second-order valence-corrected chi connectivity index (χ2v) is 8.38. The van der Waals surface area contributed by atoms with Gasteiger partial charge in [-0.15, -0.1) is 11.8 Å². The molecule has 0 saturated carbocycles. The van der Waals surface area contributed by atoms with E-state index in [0.717, 1.165) is 11.8 Å². The second-order valence-electron chi connectivity index (χ2n) is 6.82. The van der Waals surface area contributed by atoms with Crippen molar-refractivity contribution in [2.24, 2.45) is 17.4 Å². The van der Waals surface area contributed by atoms with Gasteiger partial charge >= 0.3 is 11.9 Å². The Labute approximate surface area is 169 Å². The Balaban J connectivity index is 1.74. The summed E-state index contributed by atoms with van der Waals surface area (Å²) in [6.07, 6.45) is 1.18. The van der Waals surface area contributed by atoms with Crippen LogP contribution >= 0.6 is 11.8 Å². The van der Waals surface area contributed by atoms with Gasteiger partial charge in [-0.2, -0.15) is 0 Å². The Morgan fingerprint density at radius 2 is 1.90 bits per heavy atom. The number of carbonyl (C=O) groups is 4. The number of hydrogen-bond donors (Lipinski definition) is 4. The number of ketones is 1. The molecule has 2 aliphatic rings. The topological polar surface area (TPSA) is 173 Å². The normalized spacial score (nSPS) is 26.7. The lowest BCUT2D eigenvalue weighted by atomic mass is 9.86. The molecule has 0 aromatic heterocycles. The zero-order chi connectivity index (χ0) is 21.5. The third-order valence-corrected chi connectivity index (χ3v) is 6.14. The average Bonchev–Trinajstić information content (AvgIpc) is 2.65. The van der Waals surface area contributed by atoms with Crippen LogP contribution in [-0.4, -0.2) is 55.6 Å². The molecule has 1 amide bonds. The van der Waals surface area contributed by atoms with Crippen LogP contribution in [0.25, 0.3) is 0 Å². The van der Waals surface area contributed by atoms with Crippen molar-refractivity contribution in [3.8, 4) is 5.75 Å². The number of nitrogens with two attached hydrogens (primary N) is 2. The third-order valence-electron chi connectivity index (χ3n) is 4.69. The largest absolute Gasteiger partial charge is 0.482 e. The number of carbonyl (C=O) groups excluding carboxylic acids is 2. The van der Waals surface area contributed by atoms with Gasteiger partial charge in [0.05, 0.1) is 16.5 Å². The molecule has 3 rings (SSSR count). The zero-order valence-corrected chi connectivity index (χ0v) is 16.1. The van der Waals surface area contributed by atoms with Crippen LogP contribution in [0.15, 0.2) is 36.0 Å². The van der Waals surface area contributed by atoms with Crippen molar-refractivity contribution >= 4 is 35.4 Å². The molecule has 1 aromatic carbocycles. The third kappa shape index (κ3) is 3.84. The van der Waals surface area contributed by atoms with Gasteiger partial charge in [0.25, 0.3) is 0 Å². The molecule has 1 aromatic rings. The van der Waals surface area contributed by atoms with E-state index in [9.17, 15) is 24.3 Å². The van der Waals surface area contributed by atoms with Crippen molar-refractivity contribution in [3.63, 3.8) is 0 Å². The van der Waals surface area contributed by atoms with Crippen molar-refractivity contribution in [3.05, 3.63) is 41.6 Å². The van der Waals surface area contributed by atoms with Gasteiger partial charge in [-0.1, -0.05) is 12.1 Å². The average molecular weight is 421 g/mol. The minimum absolute atomic E-state index is 0.126. The summed E-state index contributed by atoms with van der Waals surface area (Å²) < 4.78 is 5.02. The number of aliphatic carboxylic acids is 2. The van der Waals surface area contributed by atoms with E-state index in [-0.39, 0.29) is 5.57 Å². The maximum Gasteiger partial charge on any atom is 0.341 e. The van der Waals surface area contributed by atoms with Gasteiger partial charge in [-0.25, -0.2) is 9.59 Å². The summed E-state index contributed by atoms with van der Waals surface area (Å²) in [5, 5.41) is 17.2. The van der Waals surface area contributed by atoms with E-state index >= 15 is 0 Å². The molecule has 1 fully saturated rings. The number of thioether (sulfide) groups is 1. The first-order valence-electron chi connectivity index (χ1n) is 8.51. The molecule has 154 valence electrons. The lowest BCUT2D eigenvalue weighted by Gasteiger charge is -2.50. The highest BCUT2D eigenvalue weighted by atomic mass is 32.2. The van der Waals surface area contributed by atoms with Gasteiger partial charge in [0.1, 0.15) is 17.0 Å². The van der Waals surface area contributed by atoms with Gasteiger partial charge in [0.15, 0.2) is 12.4 Å². The summed E-state index contributed by atoms with van der Waals surface area (Å²) >= 11 is 1.02. The van der Waals surface area contributed by atoms with E-state index in [0.29, 0.717) is 11.3 Å². The van der Waals surface area contributed by atoms with Crippen molar-refractivity contribution in [1.82, 2.24) is 4.90 Å². The van der Waals surface area contributed by atoms with E-state index in [1.54, 1.807) is 0 Å². The highest BCUT2D eigenvalue weighted by Crippen LogP contribution is 2.48. The predicted molar refractivity (Wildman–Crippen MR) is 102 cm³/mol. The van der Waals surface area contributed by atoms with Crippen molar-refractivity contribution in [1.29, 1.82) is 0 Å². The van der Waals surface area contributed by atoms with Crippen LogP contribution in [-0.2, 0) is 19.2 Å². The molecule has 10 nitrogen and oxygen atoms in total. The maximum absolute atomic E-state index is 12.8. The number of carboxylic acids is 2. The molecule has 0 bridgehead atoms. The monoisotopic (exact) mass is 421 g/mol. The predicted octanol–water partition coefficient (Wildman–Crippen LogP) is -0.106. The van der Waals surface area contributed by atoms with E-state index in [4.69, 9.17) is 21.3 Å². The lowest BCUT2D eigenvalue weighted by molar-refractivity contribution is -0.152. The second kappa shape index (κ2) is 7.50. The highest BCUT2D eigenvalue weighted by molar-refractivity contribution is 8.01. The number of fused-ring (bicyclic) bond motifs is 1. The first-order valence-corrected chi connectivity index (χ1v) is 9.39. The maximum atomic E-state index is 12.8. The Morgan fingerprint density at radius 1 is 1.28 bits per heavy atom. The van der Waals surface area contributed by atoms with E-state index in [1.807, 2.05) is 0 Å². The molecule has 0 aliphatic carbocycles. The molecular weight excluding hydrogens is 402 g/mol. The minimum Gasteiger partial charge on any atom is -0.482 e. The number of Topliss-reactive ketones (excluding diaryl/α,β-unsaturated/α-hetero) is 1. The Kier molecular flexibility index (Phi) is 5.39. The van der Waals surface area contributed by atoms with Gasteiger partial charge in [-0.3, -0.25) is 9.59 Å². The molecule has 3 unspecified atom stereocenters. The van der Waals surface area contributed by atoms with Gasteiger partial charge in [0, 0.05) is 6.20 Å². The number of amides is 1. The van der Waals surface area contributed by atoms with Crippen molar-refractivity contribution in [2.75, 3.05) is 6.61 Å². The molecule has 29 heavy (non-hydrogen) atoms. The molecule has 2 aliphatic heterocycles. The van der Waals surface area contributed by atoms with Crippen LogP contribution in [0.2, 0.25) is 0 Å². The molecule has 0 spiro atoms. The van der Waals surface area contributed by atoms with E-state index < -0.39 is 52.4 Å². The summed E-state index contributed by atoms with van der Waals surface area (Å²) in [4.78, 5) is 47.1. The number of carboxylic acid groups (broad SMARTS) is 2. The number of hydrogen-bond acceptors (Lipinski definition) is 8. The van der Waals surface area contributed by atoms with Crippen LogP contribution in [0.5, 0.6) is 5.75 Å². The fourth-order valence-electron chi connectivity index (χ4n) is 3.13. The van der Waals surface area contributed by atoms with Crippen LogP contribution in [0.4, 0.5) is 0 Å². The van der Waals surface area contributed by atoms with E-state index in [2.05, 4.69) is 0 Å². The molecule has 0 radical (unpaired) electrons. The Morgan fingerprint density at radius 3 is 2.45 bits per heavy atom. The number of ether oxygens (including phenoxy) is 1. The van der Waals surface area contributed by atoms with Crippen molar-refractivity contribution in [2.45, 2.75) is 23.2 Å². The number of benzene rings is 1.